The van der Waals surface area contributed by atoms with E-state index in [9.17, 15) is 5.26 Å². The monoisotopic (exact) mass is 705 g/mol. The van der Waals surface area contributed by atoms with Crippen LogP contribution in [0.1, 0.15) is 95.7 Å². The van der Waals surface area contributed by atoms with Crippen molar-refractivity contribution in [2.75, 3.05) is 4.90 Å². The molecule has 0 aliphatic rings. The lowest BCUT2D eigenvalue weighted by Gasteiger charge is -2.30. The van der Waals surface area contributed by atoms with E-state index in [0.717, 1.165) is 55.9 Å². The van der Waals surface area contributed by atoms with Gasteiger partial charge in [-0.05, 0) is 119 Å². The highest BCUT2D eigenvalue weighted by atomic mass is 35.5. The zero-order chi connectivity index (χ0) is 37.5. The Balaban J connectivity index is 1.54. The minimum absolute atomic E-state index is 0.00497. The van der Waals surface area contributed by atoms with Gasteiger partial charge >= 0.3 is 0 Å². The lowest BCUT2D eigenvalue weighted by atomic mass is 9.84. The van der Waals surface area contributed by atoms with Gasteiger partial charge in [-0.15, -0.1) is 0 Å². The standard InChI is InChI=1S/C47H48ClN3O/c1-28-18-33(47(9,10)11)19-29(2)44(28)51(42-27-52-43-17-12-30(26-49)20-39(42)43)36-24-34(48)23-35(25-36)50-40-15-13-31(45(3,4)5)21-37(40)38-22-32(46(6,7)8)14-16-41(38)50/h12-25,27H,1-11H3. The Morgan fingerprint density at radius 2 is 1.19 bits per heavy atom. The summed E-state index contributed by atoms with van der Waals surface area (Å²) in [5, 5.41) is 13.8. The van der Waals surface area contributed by atoms with Crippen LogP contribution in [0.4, 0.5) is 17.1 Å². The lowest BCUT2D eigenvalue weighted by molar-refractivity contribution is 0.589. The molecule has 4 nitrogen and oxygen atoms in total. The van der Waals surface area contributed by atoms with Crippen LogP contribution in [0.5, 0.6) is 0 Å². The first-order valence-corrected chi connectivity index (χ1v) is 18.5. The van der Waals surface area contributed by atoms with Gasteiger partial charge in [0.2, 0.25) is 0 Å². The molecule has 2 aromatic heterocycles. The molecule has 0 atom stereocenters. The third-order valence-corrected chi connectivity index (χ3v) is 10.6. The van der Waals surface area contributed by atoms with Crippen LogP contribution in [0.2, 0.25) is 5.02 Å². The van der Waals surface area contributed by atoms with Gasteiger partial charge in [-0.1, -0.05) is 98.2 Å². The number of rotatable bonds is 4. The van der Waals surface area contributed by atoms with Crippen LogP contribution in [0.3, 0.4) is 0 Å². The predicted octanol–water partition coefficient (Wildman–Crippen LogP) is 14.0. The summed E-state index contributed by atoms with van der Waals surface area (Å²) in [7, 11) is 0. The highest BCUT2D eigenvalue weighted by Gasteiger charge is 2.26. The molecule has 0 unspecified atom stereocenters. The minimum atomic E-state index is -0.0115. The Labute approximate surface area is 313 Å². The fourth-order valence-corrected chi connectivity index (χ4v) is 7.66. The quantitative estimate of drug-likeness (QED) is 0.183. The fraction of sp³-hybridized carbons (Fsp3) is 0.298. The fourth-order valence-electron chi connectivity index (χ4n) is 7.44. The Kier molecular flexibility index (Phi) is 8.39. The van der Waals surface area contributed by atoms with E-state index in [0.29, 0.717) is 10.6 Å². The SMILES string of the molecule is Cc1cc(C(C)(C)C)cc(C)c1N(c1cc(Cl)cc(-n2c3ccc(C(C)(C)C)cc3c3cc(C(C)(C)C)ccc32)c1)c1coc2ccc(C#N)cc12. The van der Waals surface area contributed by atoms with Gasteiger partial charge in [0.1, 0.15) is 11.8 Å². The molecule has 0 aliphatic carbocycles. The van der Waals surface area contributed by atoms with Crippen LogP contribution >= 0.6 is 11.6 Å². The molecule has 0 radical (unpaired) electrons. The average molecular weight is 706 g/mol. The summed E-state index contributed by atoms with van der Waals surface area (Å²) in [4.78, 5) is 2.25. The molecule has 5 aromatic carbocycles. The van der Waals surface area contributed by atoms with Crippen molar-refractivity contribution < 1.29 is 4.42 Å². The van der Waals surface area contributed by atoms with Gasteiger partial charge in [0.15, 0.2) is 0 Å². The van der Waals surface area contributed by atoms with E-state index in [-0.39, 0.29) is 16.2 Å². The molecule has 52 heavy (non-hydrogen) atoms. The molecule has 2 heterocycles. The number of halogens is 1. The van der Waals surface area contributed by atoms with Crippen LogP contribution in [0.25, 0.3) is 38.5 Å². The number of nitrogens with zero attached hydrogens (tertiary/aromatic N) is 3. The summed E-state index contributed by atoms with van der Waals surface area (Å²) >= 11 is 7.16. The van der Waals surface area contributed by atoms with E-state index in [1.165, 1.54) is 27.5 Å². The van der Waals surface area contributed by atoms with E-state index >= 15 is 0 Å². The maximum atomic E-state index is 9.85. The molecular weight excluding hydrogens is 658 g/mol. The first kappa shape index (κ1) is 35.4. The number of fused-ring (bicyclic) bond motifs is 4. The van der Waals surface area contributed by atoms with Crippen LogP contribution in [0.15, 0.2) is 95.6 Å². The number of hydrogen-bond donors (Lipinski definition) is 0. The topological polar surface area (TPSA) is 45.1 Å². The maximum Gasteiger partial charge on any atom is 0.136 e. The number of benzene rings is 5. The molecule has 0 spiro atoms. The smallest absolute Gasteiger partial charge is 0.136 e. The Hall–Kier alpha value is -4.98. The lowest BCUT2D eigenvalue weighted by Crippen LogP contribution is -2.16. The Morgan fingerprint density at radius 3 is 1.71 bits per heavy atom. The second-order valence-corrected chi connectivity index (χ2v) is 17.9. The number of furan rings is 1. The molecule has 0 fully saturated rings. The number of aryl methyl sites for hydroxylation is 2. The van der Waals surface area contributed by atoms with Gasteiger partial charge in [0, 0.05) is 32.6 Å². The van der Waals surface area contributed by atoms with Crippen LogP contribution in [0, 0.1) is 25.2 Å². The van der Waals surface area contributed by atoms with E-state index in [4.69, 9.17) is 16.0 Å². The molecule has 7 rings (SSSR count). The van der Waals surface area contributed by atoms with Crippen LogP contribution in [-0.4, -0.2) is 4.57 Å². The van der Waals surface area contributed by atoms with Crippen LogP contribution < -0.4 is 4.90 Å². The third kappa shape index (κ3) is 6.16. The summed E-state index contributed by atoms with van der Waals surface area (Å²) in [6.07, 6.45) is 1.80. The van der Waals surface area contributed by atoms with E-state index < -0.39 is 0 Å². The van der Waals surface area contributed by atoms with E-state index in [1.54, 1.807) is 12.3 Å². The van der Waals surface area contributed by atoms with Crippen molar-refractivity contribution in [1.29, 1.82) is 5.26 Å². The summed E-state index contributed by atoms with van der Waals surface area (Å²) in [6, 6.07) is 32.5. The number of aromatic nitrogens is 1. The zero-order valence-corrected chi connectivity index (χ0v) is 33.0. The number of anilines is 3. The first-order valence-electron chi connectivity index (χ1n) is 18.1. The van der Waals surface area contributed by atoms with E-state index in [2.05, 4.69) is 152 Å². The third-order valence-electron chi connectivity index (χ3n) is 10.4. The predicted molar refractivity (Wildman–Crippen MR) is 221 cm³/mol. The van der Waals surface area contributed by atoms with Crippen molar-refractivity contribution in [2.24, 2.45) is 0 Å². The highest BCUT2D eigenvalue weighted by molar-refractivity contribution is 6.31. The van der Waals surface area contributed by atoms with E-state index in [1.807, 2.05) is 18.2 Å². The zero-order valence-electron chi connectivity index (χ0n) is 32.3. The van der Waals surface area contributed by atoms with Crippen molar-refractivity contribution in [3.8, 4) is 11.8 Å². The van der Waals surface area contributed by atoms with Gasteiger partial charge in [-0.3, -0.25) is 0 Å². The maximum absolute atomic E-state index is 9.85. The first-order chi connectivity index (χ1) is 24.3. The average Bonchev–Trinajstić information content (AvgIpc) is 3.62. The van der Waals surface area contributed by atoms with Crippen LogP contribution in [-0.2, 0) is 16.2 Å². The molecule has 0 saturated heterocycles. The molecule has 0 saturated carbocycles. The molecule has 5 heteroatoms. The van der Waals surface area contributed by atoms with Crippen molar-refractivity contribution in [1.82, 2.24) is 4.57 Å². The Bertz CT molecular complexity index is 2480. The molecule has 7 aromatic rings. The highest BCUT2D eigenvalue weighted by Crippen LogP contribution is 2.46. The molecule has 0 aliphatic heterocycles. The number of hydrogen-bond acceptors (Lipinski definition) is 3. The molecule has 264 valence electrons. The molecule has 0 amide bonds. The van der Waals surface area contributed by atoms with Crippen molar-refractivity contribution in [3.63, 3.8) is 0 Å². The van der Waals surface area contributed by atoms with Gasteiger partial charge in [0.25, 0.3) is 0 Å². The molecule has 0 N–H and O–H groups in total. The van der Waals surface area contributed by atoms with Gasteiger partial charge in [-0.25, -0.2) is 0 Å². The normalized spacial score (nSPS) is 12.6. The molecular formula is C47H48ClN3O. The van der Waals surface area contributed by atoms with Crippen molar-refractivity contribution in [2.45, 2.75) is 92.4 Å². The van der Waals surface area contributed by atoms with Gasteiger partial charge in [0.05, 0.1) is 34.0 Å². The Morgan fingerprint density at radius 1 is 0.635 bits per heavy atom. The van der Waals surface area contributed by atoms with Crippen molar-refractivity contribution >= 4 is 61.4 Å². The van der Waals surface area contributed by atoms with Gasteiger partial charge in [-0.2, -0.15) is 5.26 Å². The summed E-state index contributed by atoms with van der Waals surface area (Å²) < 4.78 is 8.51. The second kappa shape index (κ2) is 12.3. The molecule has 0 bridgehead atoms. The summed E-state index contributed by atoms with van der Waals surface area (Å²) in [5.74, 6) is 0. The number of nitriles is 1. The largest absolute Gasteiger partial charge is 0.462 e. The van der Waals surface area contributed by atoms with Crippen molar-refractivity contribution in [3.05, 3.63) is 130 Å². The second-order valence-electron chi connectivity index (χ2n) is 17.5. The summed E-state index contributed by atoms with van der Waals surface area (Å²) in [5.41, 5.74) is 13.5. The van der Waals surface area contributed by atoms with Gasteiger partial charge < -0.3 is 13.9 Å². The summed E-state index contributed by atoms with van der Waals surface area (Å²) in [6.45, 7) is 24.7. The minimum Gasteiger partial charge on any atom is -0.462 e.